The van der Waals surface area contributed by atoms with Crippen LogP contribution < -0.4 is 5.32 Å². The molecule has 2 aromatic rings. The van der Waals surface area contributed by atoms with Crippen LogP contribution in [0.25, 0.3) is 11.1 Å². The molecule has 0 spiro atoms. The van der Waals surface area contributed by atoms with Crippen molar-refractivity contribution >= 4 is 17.4 Å². The van der Waals surface area contributed by atoms with Gasteiger partial charge < -0.3 is 15.2 Å². The monoisotopic (exact) mass is 475 g/mol. The third-order valence-electron chi connectivity index (χ3n) is 5.14. The summed E-state index contributed by atoms with van der Waals surface area (Å²) in [5.41, 5.74) is -4.76. The van der Waals surface area contributed by atoms with E-state index in [0.29, 0.717) is 41.8 Å². The summed E-state index contributed by atoms with van der Waals surface area (Å²) in [6.07, 6.45) is -10.9. The number of hydrogen-bond donors (Lipinski definition) is 2. The second kappa shape index (κ2) is 9.94. The summed E-state index contributed by atoms with van der Waals surface area (Å²) in [7, 11) is 0. The number of aryl methyl sites for hydroxylation is 1. The summed E-state index contributed by atoms with van der Waals surface area (Å²) in [6.45, 7) is 3.00. The van der Waals surface area contributed by atoms with Crippen LogP contribution >= 0.6 is 0 Å². The maximum absolute atomic E-state index is 13.2. The van der Waals surface area contributed by atoms with Crippen LogP contribution in [-0.4, -0.2) is 29.1 Å². The van der Waals surface area contributed by atoms with E-state index in [1.54, 1.807) is 31.2 Å². The van der Waals surface area contributed by atoms with Crippen molar-refractivity contribution in [2.75, 3.05) is 5.32 Å². The molecule has 33 heavy (non-hydrogen) atoms. The summed E-state index contributed by atoms with van der Waals surface area (Å²) < 4.78 is 79.1. The minimum atomic E-state index is -5.96. The molecule has 10 heteroatoms. The zero-order valence-corrected chi connectivity index (χ0v) is 17.9. The van der Waals surface area contributed by atoms with Gasteiger partial charge in [0.25, 0.3) is 5.60 Å². The first-order chi connectivity index (χ1) is 15.2. The van der Waals surface area contributed by atoms with E-state index in [1.165, 1.54) is 6.92 Å². The van der Waals surface area contributed by atoms with Gasteiger partial charge in [0.1, 0.15) is 5.78 Å². The molecular formula is C23H23F6NO3. The van der Waals surface area contributed by atoms with Gasteiger partial charge in [0.15, 0.2) is 0 Å². The Bertz CT molecular complexity index is 983. The second-order valence-electron chi connectivity index (χ2n) is 7.61. The molecule has 0 aliphatic carbocycles. The van der Waals surface area contributed by atoms with Crippen molar-refractivity contribution in [1.29, 1.82) is 0 Å². The maximum Gasteiger partial charge on any atom is 0.430 e. The molecule has 0 saturated heterocycles. The minimum absolute atomic E-state index is 0.0196. The summed E-state index contributed by atoms with van der Waals surface area (Å²) >= 11 is 0. The van der Waals surface area contributed by atoms with E-state index in [0.717, 1.165) is 6.07 Å². The van der Waals surface area contributed by atoms with E-state index in [2.05, 4.69) is 5.32 Å². The zero-order chi connectivity index (χ0) is 25.0. The summed E-state index contributed by atoms with van der Waals surface area (Å²) in [6, 6.07) is 8.66. The Morgan fingerprint density at radius 3 is 1.97 bits per heavy atom. The SMILES string of the molecule is CCc1cc(C(O)(C(F)(F)F)C(F)(F)F)ccc1-c1ccc(NC(=O)CCCC(C)=O)cc1. The molecule has 0 atom stereocenters. The van der Waals surface area contributed by atoms with Crippen LogP contribution in [0.15, 0.2) is 42.5 Å². The average Bonchev–Trinajstić information content (AvgIpc) is 2.71. The van der Waals surface area contributed by atoms with Crippen molar-refractivity contribution in [2.45, 2.75) is 57.5 Å². The first-order valence-electron chi connectivity index (χ1n) is 10.1. The molecule has 180 valence electrons. The Balaban J connectivity index is 2.30. The van der Waals surface area contributed by atoms with Gasteiger partial charge in [-0.25, -0.2) is 0 Å². The van der Waals surface area contributed by atoms with Crippen LogP contribution in [0.2, 0.25) is 0 Å². The molecule has 0 aliphatic rings. The molecule has 0 heterocycles. The third-order valence-corrected chi connectivity index (χ3v) is 5.14. The summed E-state index contributed by atoms with van der Waals surface area (Å²) in [5, 5.41) is 12.3. The van der Waals surface area contributed by atoms with Crippen molar-refractivity contribution in [3.05, 3.63) is 53.6 Å². The van der Waals surface area contributed by atoms with Gasteiger partial charge in [-0.2, -0.15) is 26.3 Å². The van der Waals surface area contributed by atoms with Gasteiger partial charge >= 0.3 is 12.4 Å². The number of amides is 1. The molecule has 2 N–H and O–H groups in total. The number of nitrogens with one attached hydrogen (secondary N) is 1. The van der Waals surface area contributed by atoms with E-state index in [9.17, 15) is 41.0 Å². The largest absolute Gasteiger partial charge is 0.430 e. The van der Waals surface area contributed by atoms with Crippen LogP contribution in [0, 0.1) is 0 Å². The lowest BCUT2D eigenvalue weighted by Crippen LogP contribution is -2.53. The van der Waals surface area contributed by atoms with Crippen LogP contribution in [-0.2, 0) is 21.6 Å². The second-order valence-corrected chi connectivity index (χ2v) is 7.61. The highest BCUT2D eigenvalue weighted by atomic mass is 19.4. The fourth-order valence-corrected chi connectivity index (χ4v) is 3.34. The highest BCUT2D eigenvalue weighted by Gasteiger charge is 2.71. The fourth-order valence-electron chi connectivity index (χ4n) is 3.34. The van der Waals surface area contributed by atoms with Gasteiger partial charge in [-0.1, -0.05) is 37.3 Å². The van der Waals surface area contributed by atoms with Crippen molar-refractivity contribution < 1.29 is 41.0 Å². The average molecular weight is 475 g/mol. The van der Waals surface area contributed by atoms with E-state index in [4.69, 9.17) is 0 Å². The molecule has 0 fully saturated rings. The number of aliphatic hydroxyl groups is 1. The summed E-state index contributed by atoms with van der Waals surface area (Å²) in [5.74, 6) is -0.310. The van der Waals surface area contributed by atoms with Crippen LogP contribution in [0.4, 0.5) is 32.0 Å². The number of carbonyl (C=O) groups excluding carboxylic acids is 2. The number of benzene rings is 2. The Morgan fingerprint density at radius 2 is 1.48 bits per heavy atom. The predicted octanol–water partition coefficient (Wildman–Crippen LogP) is 5.93. The molecule has 0 aromatic heterocycles. The molecule has 2 rings (SSSR count). The van der Waals surface area contributed by atoms with Gasteiger partial charge in [0, 0.05) is 24.1 Å². The molecule has 0 bridgehead atoms. The molecule has 4 nitrogen and oxygen atoms in total. The van der Waals surface area contributed by atoms with Gasteiger partial charge in [-0.15, -0.1) is 0 Å². The highest BCUT2D eigenvalue weighted by Crippen LogP contribution is 2.50. The van der Waals surface area contributed by atoms with Crippen molar-refractivity contribution in [1.82, 2.24) is 0 Å². The normalized spacial score (nSPS) is 12.5. The first kappa shape index (κ1) is 26.4. The lowest BCUT2D eigenvalue weighted by Gasteiger charge is -2.33. The molecule has 1 amide bonds. The van der Waals surface area contributed by atoms with Gasteiger partial charge in [0.2, 0.25) is 5.91 Å². The molecule has 0 radical (unpaired) electrons. The first-order valence-corrected chi connectivity index (χ1v) is 10.1. The van der Waals surface area contributed by atoms with Crippen molar-refractivity contribution in [2.24, 2.45) is 0 Å². The Kier molecular flexibility index (Phi) is 7.95. The standard InChI is InChI=1S/C23H23F6NO3/c1-3-15-13-17(21(33,22(24,25)26)23(27,28)29)9-12-19(15)16-7-10-18(11-8-16)30-20(32)6-4-5-14(2)31/h7-13,33H,3-6H2,1-2H3,(H,30,32). The van der Waals surface area contributed by atoms with Crippen molar-refractivity contribution in [3.63, 3.8) is 0 Å². The fraction of sp³-hybridized carbons (Fsp3) is 0.391. The number of halogens is 6. The highest BCUT2D eigenvalue weighted by molar-refractivity contribution is 5.91. The lowest BCUT2D eigenvalue weighted by molar-refractivity contribution is -0.376. The minimum Gasteiger partial charge on any atom is -0.369 e. The zero-order valence-electron chi connectivity index (χ0n) is 17.9. The van der Waals surface area contributed by atoms with Crippen LogP contribution in [0.1, 0.15) is 44.2 Å². The Labute approximate surface area is 186 Å². The Hall–Kier alpha value is -2.88. The van der Waals surface area contributed by atoms with E-state index in [1.807, 2.05) is 0 Å². The van der Waals surface area contributed by atoms with Gasteiger partial charge in [-0.05, 0) is 48.6 Å². The van der Waals surface area contributed by atoms with Crippen LogP contribution in [0.5, 0.6) is 0 Å². The predicted molar refractivity (Wildman–Crippen MR) is 110 cm³/mol. The van der Waals surface area contributed by atoms with Gasteiger partial charge in [-0.3, -0.25) is 4.79 Å². The number of alkyl halides is 6. The number of anilines is 1. The number of ketones is 1. The third kappa shape index (κ3) is 5.93. The smallest absolute Gasteiger partial charge is 0.369 e. The summed E-state index contributed by atoms with van der Waals surface area (Å²) in [4.78, 5) is 22.8. The van der Waals surface area contributed by atoms with E-state index in [-0.39, 0.29) is 30.1 Å². The van der Waals surface area contributed by atoms with Crippen LogP contribution in [0.3, 0.4) is 0 Å². The lowest BCUT2D eigenvalue weighted by atomic mass is 9.87. The maximum atomic E-state index is 13.2. The number of carbonyl (C=O) groups is 2. The van der Waals surface area contributed by atoms with Crippen molar-refractivity contribution in [3.8, 4) is 11.1 Å². The molecule has 0 saturated carbocycles. The topological polar surface area (TPSA) is 66.4 Å². The molecule has 0 unspecified atom stereocenters. The Morgan fingerprint density at radius 1 is 0.909 bits per heavy atom. The van der Waals surface area contributed by atoms with E-state index < -0.39 is 23.5 Å². The number of Topliss-reactive ketones (excluding diaryl/α,β-unsaturated/α-hetero) is 1. The molecule has 2 aromatic carbocycles. The van der Waals surface area contributed by atoms with Gasteiger partial charge in [0.05, 0.1) is 0 Å². The molecular weight excluding hydrogens is 452 g/mol. The number of rotatable bonds is 8. The van der Waals surface area contributed by atoms with E-state index >= 15 is 0 Å². The molecule has 0 aliphatic heterocycles. The quantitative estimate of drug-likeness (QED) is 0.466. The number of hydrogen-bond acceptors (Lipinski definition) is 3.